The molecule has 0 radical (unpaired) electrons. The van der Waals surface area contributed by atoms with Gasteiger partial charge in [0.15, 0.2) is 5.11 Å². The van der Waals surface area contributed by atoms with Gasteiger partial charge >= 0.3 is 0 Å². The fourth-order valence-electron chi connectivity index (χ4n) is 1.84. The molecule has 5 nitrogen and oxygen atoms in total. The lowest BCUT2D eigenvalue weighted by molar-refractivity contribution is -0.117. The average molecular weight is 248 g/mol. The van der Waals surface area contributed by atoms with Crippen LogP contribution in [0.15, 0.2) is 29.4 Å². The van der Waals surface area contributed by atoms with Crippen molar-refractivity contribution in [3.05, 3.63) is 29.8 Å². The molecule has 88 valence electrons. The van der Waals surface area contributed by atoms with Crippen LogP contribution in [0.4, 0.5) is 5.69 Å². The molecule has 6 heteroatoms. The van der Waals surface area contributed by atoms with Crippen LogP contribution in [0.25, 0.3) is 0 Å². The van der Waals surface area contributed by atoms with E-state index >= 15 is 0 Å². The molecule has 0 bridgehead atoms. The van der Waals surface area contributed by atoms with E-state index < -0.39 is 0 Å². The van der Waals surface area contributed by atoms with Crippen LogP contribution >= 0.6 is 12.2 Å². The average Bonchev–Trinajstić information content (AvgIpc) is 2.54. The van der Waals surface area contributed by atoms with Crippen molar-refractivity contribution in [2.24, 2.45) is 10.8 Å². The number of likely N-dealkylation sites (N-methyl/N-ethyl adjacent to an activating group) is 1. The lowest BCUT2D eigenvalue weighted by Crippen LogP contribution is -2.27. The standard InChI is InChI=1S/C11H12N4OS/c1-15-9-5-3-2-4-7(9)8(10(15)16)6-13-14-11(12)17/h2-6,8H,1H3,(H3,12,14,17). The number of anilines is 1. The van der Waals surface area contributed by atoms with Crippen LogP contribution in [0.3, 0.4) is 0 Å². The molecule has 0 saturated heterocycles. The lowest BCUT2D eigenvalue weighted by Gasteiger charge is -2.08. The largest absolute Gasteiger partial charge is 0.375 e. The smallest absolute Gasteiger partial charge is 0.239 e. The monoisotopic (exact) mass is 248 g/mol. The molecular weight excluding hydrogens is 236 g/mol. The van der Waals surface area contributed by atoms with Gasteiger partial charge in [0.25, 0.3) is 0 Å². The second-order valence-electron chi connectivity index (χ2n) is 3.69. The zero-order valence-electron chi connectivity index (χ0n) is 9.25. The fraction of sp³-hybridized carbons (Fsp3) is 0.182. The molecule has 2 rings (SSSR count). The Hall–Kier alpha value is -1.95. The van der Waals surface area contributed by atoms with Crippen molar-refractivity contribution >= 4 is 35.1 Å². The second kappa shape index (κ2) is 4.50. The first-order valence-electron chi connectivity index (χ1n) is 5.06. The molecule has 1 atom stereocenters. The SMILES string of the molecule is CN1C(=O)C(C=NNC(N)=S)c2ccccc21. The van der Waals surface area contributed by atoms with E-state index in [4.69, 9.17) is 5.73 Å². The van der Waals surface area contributed by atoms with Gasteiger partial charge in [0.2, 0.25) is 5.91 Å². The van der Waals surface area contributed by atoms with Gasteiger partial charge in [-0.2, -0.15) is 5.10 Å². The molecular formula is C11H12N4OS. The summed E-state index contributed by atoms with van der Waals surface area (Å²) in [4.78, 5) is 13.6. The van der Waals surface area contributed by atoms with Gasteiger partial charge in [-0.25, -0.2) is 0 Å². The maximum atomic E-state index is 12.0. The maximum Gasteiger partial charge on any atom is 0.239 e. The summed E-state index contributed by atoms with van der Waals surface area (Å²) in [6.07, 6.45) is 1.52. The van der Waals surface area contributed by atoms with Gasteiger partial charge in [-0.05, 0) is 23.8 Å². The third kappa shape index (κ3) is 2.12. The van der Waals surface area contributed by atoms with E-state index in [9.17, 15) is 4.79 Å². The van der Waals surface area contributed by atoms with Gasteiger partial charge in [-0.1, -0.05) is 18.2 Å². The van der Waals surface area contributed by atoms with Crippen LogP contribution < -0.4 is 16.1 Å². The quantitative estimate of drug-likeness (QED) is 0.456. The van der Waals surface area contributed by atoms with Crippen molar-refractivity contribution in [2.45, 2.75) is 5.92 Å². The number of amides is 1. The third-order valence-electron chi connectivity index (χ3n) is 2.63. The van der Waals surface area contributed by atoms with Crippen LogP contribution in [-0.4, -0.2) is 24.3 Å². The van der Waals surface area contributed by atoms with Crippen LogP contribution in [0.5, 0.6) is 0 Å². The van der Waals surface area contributed by atoms with Crippen LogP contribution in [0.1, 0.15) is 11.5 Å². The minimum Gasteiger partial charge on any atom is -0.375 e. The minimum absolute atomic E-state index is 0.0142. The normalized spacial score (nSPS) is 18.5. The first kappa shape index (κ1) is 11.5. The fourth-order valence-corrected chi connectivity index (χ4v) is 1.89. The van der Waals surface area contributed by atoms with Crippen molar-refractivity contribution in [3.8, 4) is 0 Å². The number of hydrogen-bond donors (Lipinski definition) is 2. The molecule has 17 heavy (non-hydrogen) atoms. The highest BCUT2D eigenvalue weighted by atomic mass is 32.1. The number of rotatable bonds is 2. The Balaban J connectivity index is 2.27. The Bertz CT molecular complexity index is 500. The Morgan fingerprint density at radius 1 is 1.59 bits per heavy atom. The van der Waals surface area contributed by atoms with Crippen molar-refractivity contribution in [3.63, 3.8) is 0 Å². The number of para-hydroxylation sites is 1. The lowest BCUT2D eigenvalue weighted by atomic mass is 10.0. The zero-order valence-corrected chi connectivity index (χ0v) is 10.1. The van der Waals surface area contributed by atoms with Gasteiger partial charge in [0.1, 0.15) is 5.92 Å². The number of thiocarbonyl (C=S) groups is 1. The molecule has 0 aliphatic carbocycles. The van der Waals surface area contributed by atoms with E-state index in [1.165, 1.54) is 6.21 Å². The number of carbonyl (C=O) groups is 1. The number of hydrazone groups is 1. The topological polar surface area (TPSA) is 70.7 Å². The van der Waals surface area contributed by atoms with Gasteiger partial charge in [-0.15, -0.1) is 0 Å². The number of fused-ring (bicyclic) bond motifs is 1. The summed E-state index contributed by atoms with van der Waals surface area (Å²) >= 11 is 4.62. The van der Waals surface area contributed by atoms with Gasteiger partial charge in [-0.3, -0.25) is 10.2 Å². The number of nitrogens with one attached hydrogen (secondary N) is 1. The molecule has 1 aliphatic heterocycles. The molecule has 1 unspecified atom stereocenters. The number of hydrogen-bond acceptors (Lipinski definition) is 3. The molecule has 1 heterocycles. The predicted molar refractivity (Wildman–Crippen MR) is 71.0 cm³/mol. The van der Waals surface area contributed by atoms with Gasteiger partial charge in [0, 0.05) is 18.9 Å². The molecule has 1 aromatic carbocycles. The molecule has 0 aromatic heterocycles. The predicted octanol–water partition coefficient (Wildman–Crippen LogP) is 0.566. The second-order valence-corrected chi connectivity index (χ2v) is 4.13. The number of carbonyl (C=O) groups excluding carboxylic acids is 1. The summed E-state index contributed by atoms with van der Waals surface area (Å²) in [6, 6.07) is 7.61. The summed E-state index contributed by atoms with van der Waals surface area (Å²) in [5.74, 6) is -0.391. The van der Waals surface area contributed by atoms with Gasteiger partial charge in [0.05, 0.1) is 0 Å². The molecule has 1 aliphatic rings. The Labute approximate surface area is 104 Å². The molecule has 1 amide bonds. The molecule has 0 fully saturated rings. The van der Waals surface area contributed by atoms with Crippen molar-refractivity contribution in [1.82, 2.24) is 5.43 Å². The summed E-state index contributed by atoms with van der Waals surface area (Å²) in [5.41, 5.74) is 9.54. The third-order valence-corrected chi connectivity index (χ3v) is 2.72. The van der Waals surface area contributed by atoms with Crippen LogP contribution in [0, 0.1) is 0 Å². The maximum absolute atomic E-state index is 12.0. The molecule has 3 N–H and O–H groups in total. The number of nitrogens with two attached hydrogens (primary N) is 1. The molecule has 1 aromatic rings. The first-order chi connectivity index (χ1) is 8.11. The minimum atomic E-state index is -0.377. The van der Waals surface area contributed by atoms with E-state index in [2.05, 4.69) is 22.7 Å². The van der Waals surface area contributed by atoms with E-state index in [0.29, 0.717) is 0 Å². The summed E-state index contributed by atoms with van der Waals surface area (Å²) in [5, 5.41) is 3.93. The Morgan fingerprint density at radius 2 is 2.29 bits per heavy atom. The van der Waals surface area contributed by atoms with Crippen LogP contribution in [-0.2, 0) is 4.79 Å². The highest BCUT2D eigenvalue weighted by molar-refractivity contribution is 7.80. The Kier molecular flexibility index (Phi) is 3.06. The Morgan fingerprint density at radius 3 is 3.00 bits per heavy atom. The molecule has 0 saturated carbocycles. The summed E-state index contributed by atoms with van der Waals surface area (Å²) in [7, 11) is 1.75. The van der Waals surface area contributed by atoms with Crippen molar-refractivity contribution in [1.29, 1.82) is 0 Å². The molecule has 0 spiro atoms. The van der Waals surface area contributed by atoms with E-state index in [0.717, 1.165) is 11.3 Å². The zero-order chi connectivity index (χ0) is 12.4. The first-order valence-corrected chi connectivity index (χ1v) is 5.47. The van der Waals surface area contributed by atoms with Crippen LogP contribution in [0.2, 0.25) is 0 Å². The van der Waals surface area contributed by atoms with Crippen molar-refractivity contribution in [2.75, 3.05) is 11.9 Å². The van der Waals surface area contributed by atoms with E-state index in [-0.39, 0.29) is 16.9 Å². The van der Waals surface area contributed by atoms with E-state index in [1.807, 2.05) is 24.3 Å². The van der Waals surface area contributed by atoms with E-state index in [1.54, 1.807) is 11.9 Å². The van der Waals surface area contributed by atoms with Crippen molar-refractivity contribution < 1.29 is 4.79 Å². The highest BCUT2D eigenvalue weighted by Crippen LogP contribution is 2.34. The van der Waals surface area contributed by atoms with Gasteiger partial charge < -0.3 is 10.6 Å². The highest BCUT2D eigenvalue weighted by Gasteiger charge is 2.33. The number of benzene rings is 1. The summed E-state index contributed by atoms with van der Waals surface area (Å²) in [6.45, 7) is 0. The number of nitrogens with zero attached hydrogens (tertiary/aromatic N) is 2. The summed E-state index contributed by atoms with van der Waals surface area (Å²) < 4.78 is 0.